The zero-order valence-electron chi connectivity index (χ0n) is 19.0. The number of nitrogen functional groups attached to an aromatic ring is 1. The molecule has 0 spiro atoms. The van der Waals surface area contributed by atoms with Crippen molar-refractivity contribution in [1.29, 1.82) is 0 Å². The van der Waals surface area contributed by atoms with Gasteiger partial charge in [-0.1, -0.05) is 23.7 Å². The molecular weight excluding hydrogens is 513 g/mol. The van der Waals surface area contributed by atoms with Crippen molar-refractivity contribution in [3.63, 3.8) is 0 Å². The Morgan fingerprint density at radius 2 is 1.62 bits per heavy atom. The van der Waals surface area contributed by atoms with E-state index in [0.29, 0.717) is 22.2 Å². The molecule has 0 aliphatic heterocycles. The number of benzene rings is 2. The molecule has 2 heterocycles. The fourth-order valence-electron chi connectivity index (χ4n) is 3.22. The summed E-state index contributed by atoms with van der Waals surface area (Å²) in [6.07, 6.45) is -0.628. The van der Waals surface area contributed by atoms with E-state index >= 15 is 0 Å². The largest absolute Gasteiger partial charge is 0.496 e. The van der Waals surface area contributed by atoms with Gasteiger partial charge in [0, 0.05) is 17.4 Å². The second-order valence-electron chi connectivity index (χ2n) is 7.46. The number of carbonyl (C=O) groups is 1. The standard InChI is InChI=1S/C24H18ClF3N6O3/c1-36-20-7-4-15(9-19(20)24(26,27)28)33-22(35)34-16-11-31-23(32-12-16)37-17-5-2-13(3-6-17)18-8-14(25)10-30-21(18)29/h2-12H,1H3,(H2,29,30)(H2,33,34,35). The molecule has 0 aliphatic rings. The molecule has 0 saturated heterocycles. The van der Waals surface area contributed by atoms with E-state index in [9.17, 15) is 18.0 Å². The van der Waals surface area contributed by atoms with Crippen molar-refractivity contribution in [2.75, 3.05) is 23.5 Å². The molecule has 9 nitrogen and oxygen atoms in total. The highest BCUT2D eigenvalue weighted by molar-refractivity contribution is 6.30. The summed E-state index contributed by atoms with van der Waals surface area (Å²) in [6, 6.07) is 11.0. The number of amides is 2. The first kappa shape index (κ1) is 25.5. The molecule has 37 heavy (non-hydrogen) atoms. The summed E-state index contributed by atoms with van der Waals surface area (Å²) in [5.41, 5.74) is 6.46. The number of ether oxygens (including phenoxy) is 2. The highest BCUT2D eigenvalue weighted by Crippen LogP contribution is 2.37. The van der Waals surface area contributed by atoms with Crippen molar-refractivity contribution in [2.45, 2.75) is 6.18 Å². The number of nitrogens with one attached hydrogen (secondary N) is 2. The van der Waals surface area contributed by atoms with E-state index in [-0.39, 0.29) is 23.1 Å². The van der Waals surface area contributed by atoms with Gasteiger partial charge in [-0.2, -0.15) is 13.2 Å². The fraction of sp³-hybridized carbons (Fsp3) is 0.0833. The Bertz CT molecular complexity index is 1420. The van der Waals surface area contributed by atoms with Crippen molar-refractivity contribution in [3.8, 4) is 28.6 Å². The minimum absolute atomic E-state index is 0.00705. The number of halogens is 4. The number of pyridine rings is 1. The summed E-state index contributed by atoms with van der Waals surface area (Å²) >= 11 is 5.99. The van der Waals surface area contributed by atoms with Gasteiger partial charge in [0.05, 0.1) is 35.8 Å². The summed E-state index contributed by atoms with van der Waals surface area (Å²) in [6.45, 7) is 0. The van der Waals surface area contributed by atoms with Crippen LogP contribution < -0.4 is 25.8 Å². The number of methoxy groups -OCH3 is 1. The van der Waals surface area contributed by atoms with Gasteiger partial charge in [-0.05, 0) is 42.0 Å². The van der Waals surface area contributed by atoms with Crippen LogP contribution in [0.15, 0.2) is 67.1 Å². The van der Waals surface area contributed by atoms with Crippen LogP contribution in [0.1, 0.15) is 5.56 Å². The number of urea groups is 1. The SMILES string of the molecule is COc1ccc(NC(=O)Nc2cnc(Oc3ccc(-c4cc(Cl)cnc4N)cc3)nc2)cc1C(F)(F)F. The Hall–Kier alpha value is -4.58. The van der Waals surface area contributed by atoms with Crippen LogP contribution in [0.3, 0.4) is 0 Å². The molecule has 4 rings (SSSR count). The lowest BCUT2D eigenvalue weighted by Crippen LogP contribution is -2.20. The number of aromatic nitrogens is 3. The van der Waals surface area contributed by atoms with Crippen LogP contribution in [-0.2, 0) is 6.18 Å². The molecule has 0 unspecified atom stereocenters. The van der Waals surface area contributed by atoms with E-state index in [4.69, 9.17) is 26.8 Å². The maximum Gasteiger partial charge on any atom is 0.420 e. The third-order valence-electron chi connectivity index (χ3n) is 4.91. The molecule has 4 N–H and O–H groups in total. The van der Waals surface area contributed by atoms with Gasteiger partial charge in [0.1, 0.15) is 17.3 Å². The quantitative estimate of drug-likeness (QED) is 0.269. The van der Waals surface area contributed by atoms with Gasteiger partial charge in [0.15, 0.2) is 0 Å². The third-order valence-corrected chi connectivity index (χ3v) is 5.12. The summed E-state index contributed by atoms with van der Waals surface area (Å²) in [4.78, 5) is 24.3. The molecule has 0 aliphatic carbocycles. The highest BCUT2D eigenvalue weighted by atomic mass is 35.5. The van der Waals surface area contributed by atoms with Crippen LogP contribution in [0.5, 0.6) is 17.5 Å². The fourth-order valence-corrected chi connectivity index (χ4v) is 3.38. The van der Waals surface area contributed by atoms with Crippen LogP contribution in [0.2, 0.25) is 5.02 Å². The third kappa shape index (κ3) is 6.35. The maximum absolute atomic E-state index is 13.2. The molecule has 190 valence electrons. The zero-order chi connectivity index (χ0) is 26.6. The normalized spacial score (nSPS) is 11.1. The van der Waals surface area contributed by atoms with E-state index < -0.39 is 17.8 Å². The first-order chi connectivity index (χ1) is 17.6. The zero-order valence-corrected chi connectivity index (χ0v) is 19.8. The lowest BCUT2D eigenvalue weighted by atomic mass is 10.1. The van der Waals surface area contributed by atoms with Crippen LogP contribution in [-0.4, -0.2) is 28.1 Å². The summed E-state index contributed by atoms with van der Waals surface area (Å²) in [5, 5.41) is 5.21. The maximum atomic E-state index is 13.2. The van der Waals surface area contributed by atoms with Crippen LogP contribution >= 0.6 is 11.6 Å². The second kappa shape index (κ2) is 10.6. The highest BCUT2D eigenvalue weighted by Gasteiger charge is 2.34. The molecule has 0 bridgehead atoms. The van der Waals surface area contributed by atoms with Crippen LogP contribution in [0.4, 0.5) is 35.2 Å². The number of rotatable bonds is 6. The minimum Gasteiger partial charge on any atom is -0.496 e. The topological polar surface area (TPSA) is 124 Å². The van der Waals surface area contributed by atoms with Crippen LogP contribution in [0, 0.1) is 0 Å². The lowest BCUT2D eigenvalue weighted by Gasteiger charge is -2.14. The number of hydrogen-bond acceptors (Lipinski definition) is 7. The molecule has 13 heteroatoms. The predicted octanol–water partition coefficient (Wildman–Crippen LogP) is 6.24. The van der Waals surface area contributed by atoms with E-state index in [0.717, 1.165) is 24.8 Å². The number of anilines is 3. The number of alkyl halides is 3. The molecule has 4 aromatic rings. The molecule has 2 aromatic heterocycles. The van der Waals surface area contributed by atoms with Crippen molar-refractivity contribution >= 4 is 34.8 Å². The van der Waals surface area contributed by atoms with Gasteiger partial charge in [0.2, 0.25) is 0 Å². The number of carbonyl (C=O) groups excluding carboxylic acids is 1. The van der Waals surface area contributed by atoms with Gasteiger partial charge in [-0.25, -0.2) is 19.7 Å². The van der Waals surface area contributed by atoms with E-state index in [1.54, 1.807) is 30.3 Å². The summed E-state index contributed by atoms with van der Waals surface area (Å²) < 4.78 is 49.8. The first-order valence-corrected chi connectivity index (χ1v) is 10.8. The minimum atomic E-state index is -4.65. The molecule has 2 aromatic carbocycles. The van der Waals surface area contributed by atoms with Crippen molar-refractivity contribution < 1.29 is 27.4 Å². The summed E-state index contributed by atoms with van der Waals surface area (Å²) in [5.74, 6) is 0.416. The van der Waals surface area contributed by atoms with Crippen LogP contribution in [0.25, 0.3) is 11.1 Å². The Morgan fingerprint density at radius 3 is 2.27 bits per heavy atom. The van der Waals surface area contributed by atoms with E-state index in [1.807, 2.05) is 0 Å². The molecule has 0 radical (unpaired) electrons. The second-order valence-corrected chi connectivity index (χ2v) is 7.90. The molecule has 0 atom stereocenters. The molecule has 0 fully saturated rings. The summed E-state index contributed by atoms with van der Waals surface area (Å²) in [7, 11) is 1.13. The van der Waals surface area contributed by atoms with Gasteiger partial charge < -0.3 is 25.8 Å². The van der Waals surface area contributed by atoms with Crippen molar-refractivity contribution in [2.24, 2.45) is 0 Å². The Balaban J connectivity index is 1.37. The lowest BCUT2D eigenvalue weighted by molar-refractivity contribution is -0.138. The molecule has 0 saturated carbocycles. The van der Waals surface area contributed by atoms with Gasteiger partial charge in [0.25, 0.3) is 0 Å². The first-order valence-electron chi connectivity index (χ1n) is 10.5. The predicted molar refractivity (Wildman–Crippen MR) is 132 cm³/mol. The number of nitrogens with zero attached hydrogens (tertiary/aromatic N) is 3. The average molecular weight is 531 g/mol. The van der Waals surface area contributed by atoms with Gasteiger partial charge >= 0.3 is 18.2 Å². The molecule has 2 amide bonds. The van der Waals surface area contributed by atoms with Crippen molar-refractivity contribution in [1.82, 2.24) is 15.0 Å². The van der Waals surface area contributed by atoms with Gasteiger partial charge in [-0.3, -0.25) is 0 Å². The average Bonchev–Trinajstić information content (AvgIpc) is 2.86. The monoisotopic (exact) mass is 530 g/mol. The smallest absolute Gasteiger partial charge is 0.420 e. The van der Waals surface area contributed by atoms with E-state index in [1.165, 1.54) is 24.7 Å². The van der Waals surface area contributed by atoms with Gasteiger partial charge in [-0.15, -0.1) is 0 Å². The Morgan fingerprint density at radius 1 is 0.946 bits per heavy atom. The van der Waals surface area contributed by atoms with Crippen molar-refractivity contribution in [3.05, 3.63) is 77.7 Å². The number of nitrogens with two attached hydrogens (primary N) is 1. The molecular formula is C24H18ClF3N6O3. The Kier molecular flexibility index (Phi) is 7.30. The van der Waals surface area contributed by atoms with E-state index in [2.05, 4.69) is 25.6 Å². The Labute approximate surface area is 213 Å². The number of hydrogen-bond donors (Lipinski definition) is 3.